The number of nitrogens with zero attached hydrogens (tertiary/aromatic N) is 3. The number of carbonyl (C=O) groups excluding carboxylic acids is 4. The summed E-state index contributed by atoms with van der Waals surface area (Å²) in [6.45, 7) is 0. The molecule has 1 N–H and O–H groups in total. The fourth-order valence-corrected chi connectivity index (χ4v) is 9.57. The number of fused-ring (bicyclic) bond motifs is 4. The topological polar surface area (TPSA) is 117 Å². The minimum Gasteiger partial charge on any atom is -0.504 e. The summed E-state index contributed by atoms with van der Waals surface area (Å²) in [7, 11) is 2.64. The Morgan fingerprint density at radius 3 is 2.27 bits per heavy atom. The molecule has 55 heavy (non-hydrogen) atoms. The predicted molar refractivity (Wildman–Crippen MR) is 196 cm³/mol. The maximum Gasteiger partial charge on any atom is 0.433 e. The van der Waals surface area contributed by atoms with Crippen LogP contribution in [0, 0.1) is 23.7 Å². The first-order valence-corrected chi connectivity index (χ1v) is 18.0. The van der Waals surface area contributed by atoms with Gasteiger partial charge in [0, 0.05) is 30.0 Å². The van der Waals surface area contributed by atoms with Gasteiger partial charge in [0.05, 0.1) is 29.4 Å². The third kappa shape index (κ3) is 5.40. The fraction of sp³-hybridized carbons (Fsp3) is 0.262. The average Bonchev–Trinajstić information content (AvgIpc) is 3.44. The van der Waals surface area contributed by atoms with E-state index in [0.29, 0.717) is 28.3 Å². The Kier molecular flexibility index (Phi) is 8.71. The van der Waals surface area contributed by atoms with Crippen LogP contribution in [0.3, 0.4) is 0 Å². The van der Waals surface area contributed by atoms with E-state index in [4.69, 9.17) is 16.3 Å². The van der Waals surface area contributed by atoms with Crippen LogP contribution in [0.5, 0.6) is 11.5 Å². The zero-order chi connectivity index (χ0) is 39.0. The zero-order valence-electron chi connectivity index (χ0n) is 29.5. The van der Waals surface area contributed by atoms with E-state index < -0.39 is 64.5 Å². The maximum atomic E-state index is 15.2. The Morgan fingerprint density at radius 2 is 1.60 bits per heavy atom. The molecule has 9 nitrogen and oxygen atoms in total. The summed E-state index contributed by atoms with van der Waals surface area (Å²) in [6, 6.07) is 24.3. The number of hydrogen-bond donors (Lipinski definition) is 1. The second-order valence-electron chi connectivity index (χ2n) is 14.2. The molecule has 6 unspecified atom stereocenters. The third-order valence-corrected chi connectivity index (χ3v) is 11.9. The molecule has 0 radical (unpaired) electrons. The summed E-state index contributed by atoms with van der Waals surface area (Å²) in [6.07, 6.45) is -1.60. The Hall–Kier alpha value is -5.75. The molecule has 280 valence electrons. The highest BCUT2D eigenvalue weighted by atomic mass is 35.5. The summed E-state index contributed by atoms with van der Waals surface area (Å²) >= 11 is 6.31. The van der Waals surface area contributed by atoms with Gasteiger partial charge < -0.3 is 9.84 Å². The molecule has 3 aromatic carbocycles. The van der Waals surface area contributed by atoms with Crippen molar-refractivity contribution in [2.45, 2.75) is 30.4 Å². The van der Waals surface area contributed by atoms with Crippen molar-refractivity contribution in [1.82, 2.24) is 9.99 Å². The number of ether oxygens (including phenoxy) is 1. The minimum absolute atomic E-state index is 0.0169. The molecule has 4 aromatic rings. The SMILES string of the molecule is COc1cccc(C2C3=CCC4C(=O)N(N(C)c5nc(C(F)(F)F)ccc5Cl)C(=O)C4C3CC3C(=O)C(c4ccccc4)=CC(=O)C32c2ccccc2)c1O. The minimum atomic E-state index is -4.82. The molecule has 1 aliphatic heterocycles. The lowest BCUT2D eigenvalue weighted by atomic mass is 9.44. The number of hydrogen-bond acceptors (Lipinski definition) is 8. The number of imide groups is 1. The molecule has 13 heteroatoms. The van der Waals surface area contributed by atoms with Crippen molar-refractivity contribution in [2.24, 2.45) is 23.7 Å². The van der Waals surface area contributed by atoms with E-state index in [-0.39, 0.29) is 46.5 Å². The van der Waals surface area contributed by atoms with Crippen molar-refractivity contribution in [2.75, 3.05) is 19.2 Å². The lowest BCUT2D eigenvalue weighted by Crippen LogP contribution is -2.59. The number of allylic oxidation sites excluding steroid dienone is 4. The van der Waals surface area contributed by atoms with E-state index in [1.807, 2.05) is 6.08 Å². The highest BCUT2D eigenvalue weighted by molar-refractivity contribution is 6.33. The van der Waals surface area contributed by atoms with Crippen LogP contribution in [-0.2, 0) is 30.8 Å². The van der Waals surface area contributed by atoms with E-state index in [1.54, 1.807) is 78.9 Å². The monoisotopic (exact) mass is 767 g/mol. The van der Waals surface area contributed by atoms with Gasteiger partial charge in [-0.2, -0.15) is 18.2 Å². The molecule has 1 saturated heterocycles. The first-order chi connectivity index (χ1) is 26.3. The molecule has 2 heterocycles. The predicted octanol–water partition coefficient (Wildman–Crippen LogP) is 7.34. The summed E-state index contributed by atoms with van der Waals surface area (Å²) in [5.41, 5.74) is -0.682. The molecule has 0 spiro atoms. The molecular formula is C42H33ClF3N3O6. The van der Waals surface area contributed by atoms with Crippen LogP contribution in [0.25, 0.3) is 5.57 Å². The lowest BCUT2D eigenvalue weighted by molar-refractivity contribution is -0.141. The van der Waals surface area contributed by atoms with Crippen LogP contribution >= 0.6 is 11.6 Å². The maximum absolute atomic E-state index is 15.2. The number of hydrazine groups is 1. The van der Waals surface area contributed by atoms with Crippen molar-refractivity contribution >= 4 is 46.4 Å². The number of Topliss-reactive ketones (excluding diaryl/α,β-unsaturated/α-hetero) is 1. The number of ketones is 2. The third-order valence-electron chi connectivity index (χ3n) is 11.6. The molecular weight excluding hydrogens is 735 g/mol. The molecule has 1 aromatic heterocycles. The average molecular weight is 768 g/mol. The van der Waals surface area contributed by atoms with Crippen LogP contribution in [0.4, 0.5) is 19.0 Å². The number of pyridine rings is 1. The van der Waals surface area contributed by atoms with Gasteiger partial charge in [-0.15, -0.1) is 0 Å². The van der Waals surface area contributed by atoms with Gasteiger partial charge in [0.25, 0.3) is 11.8 Å². The molecule has 2 amide bonds. The van der Waals surface area contributed by atoms with Crippen molar-refractivity contribution in [1.29, 1.82) is 0 Å². The summed E-state index contributed by atoms with van der Waals surface area (Å²) in [5, 5.41) is 13.3. The molecule has 0 bridgehead atoms. The fourth-order valence-electron chi connectivity index (χ4n) is 9.35. The Balaban J connectivity index is 1.32. The van der Waals surface area contributed by atoms with E-state index in [1.165, 1.54) is 20.2 Å². The van der Waals surface area contributed by atoms with Crippen LogP contribution in [0.1, 0.15) is 41.1 Å². The second kappa shape index (κ2) is 13.2. The van der Waals surface area contributed by atoms with Crippen LogP contribution in [0.15, 0.2) is 109 Å². The van der Waals surface area contributed by atoms with E-state index in [0.717, 1.165) is 16.1 Å². The largest absolute Gasteiger partial charge is 0.504 e. The number of phenols is 1. The van der Waals surface area contributed by atoms with Gasteiger partial charge in [0.15, 0.2) is 28.9 Å². The highest BCUT2D eigenvalue weighted by Crippen LogP contribution is 2.65. The van der Waals surface area contributed by atoms with Crippen molar-refractivity contribution < 1.29 is 42.2 Å². The van der Waals surface area contributed by atoms with Crippen molar-refractivity contribution in [3.63, 3.8) is 0 Å². The first kappa shape index (κ1) is 36.2. The number of aromatic hydroxyl groups is 1. The number of carbonyl (C=O) groups is 4. The number of rotatable bonds is 6. The van der Waals surface area contributed by atoms with Gasteiger partial charge in [-0.3, -0.25) is 24.2 Å². The number of amides is 2. The Bertz CT molecular complexity index is 2330. The second-order valence-corrected chi connectivity index (χ2v) is 14.6. The molecule has 4 aliphatic rings. The van der Waals surface area contributed by atoms with Crippen molar-refractivity contribution in [3.8, 4) is 11.5 Å². The van der Waals surface area contributed by atoms with Crippen LogP contribution in [-0.4, -0.2) is 52.6 Å². The number of aromatic nitrogens is 1. The number of anilines is 1. The van der Waals surface area contributed by atoms with Gasteiger partial charge in [-0.1, -0.05) is 96.0 Å². The quantitative estimate of drug-likeness (QED) is 0.160. The first-order valence-electron chi connectivity index (χ1n) is 17.6. The van der Waals surface area contributed by atoms with E-state index in [9.17, 15) is 27.9 Å². The van der Waals surface area contributed by atoms with E-state index >= 15 is 9.59 Å². The lowest BCUT2D eigenvalue weighted by Gasteiger charge is -2.55. The smallest absolute Gasteiger partial charge is 0.433 e. The summed E-state index contributed by atoms with van der Waals surface area (Å²) in [5.74, 6) is -7.54. The molecule has 2 fully saturated rings. The normalized spacial score (nSPS) is 26.1. The molecule has 6 atom stereocenters. The van der Waals surface area contributed by atoms with E-state index in [2.05, 4.69) is 4.98 Å². The number of methoxy groups -OCH3 is 1. The van der Waals surface area contributed by atoms with Gasteiger partial charge in [-0.25, -0.2) is 4.98 Å². The molecule has 1 saturated carbocycles. The van der Waals surface area contributed by atoms with Gasteiger partial charge >= 0.3 is 6.18 Å². The number of benzene rings is 3. The molecule has 3 aliphatic carbocycles. The molecule has 8 rings (SSSR count). The van der Waals surface area contributed by atoms with Crippen LogP contribution < -0.4 is 9.75 Å². The van der Waals surface area contributed by atoms with Gasteiger partial charge in [0.1, 0.15) is 5.69 Å². The number of para-hydroxylation sites is 1. The number of halogens is 4. The Morgan fingerprint density at radius 1 is 0.909 bits per heavy atom. The Labute approximate surface area is 318 Å². The van der Waals surface area contributed by atoms with Gasteiger partial charge in [0.2, 0.25) is 0 Å². The summed E-state index contributed by atoms with van der Waals surface area (Å²) in [4.78, 5) is 62.8. The number of phenolic OH excluding ortho intramolecular Hbond substituents is 1. The summed E-state index contributed by atoms with van der Waals surface area (Å²) < 4.78 is 46.6. The van der Waals surface area contributed by atoms with Crippen LogP contribution in [0.2, 0.25) is 5.02 Å². The van der Waals surface area contributed by atoms with Crippen molar-refractivity contribution in [3.05, 3.63) is 136 Å². The number of alkyl halides is 3. The standard InChI is InChI=1S/C42H33ClF3N3O6/c1-48(38-30(43)18-19-32(47-38)42(44,45)46)49-39(53)25-17-16-24-28(34(25)40(49)54)20-29-36(51)27(22-10-5-3-6-11-22)21-33(50)41(29,23-12-7-4-8-13-23)35(24)26-14-9-15-31(55-2)37(26)52/h3-16,18-19,21,25,28-29,34-35,52H,17,20H2,1-2H3. The van der Waals surface area contributed by atoms with Gasteiger partial charge in [-0.05, 0) is 54.2 Å². The highest BCUT2D eigenvalue weighted by Gasteiger charge is 2.66. The zero-order valence-corrected chi connectivity index (χ0v) is 30.2.